The highest BCUT2D eigenvalue weighted by molar-refractivity contribution is 6.52. The van der Waals surface area contributed by atoms with Gasteiger partial charge in [0.25, 0.3) is 0 Å². The maximum Gasteiger partial charge on any atom is 0.487 e. The molecule has 0 saturated carbocycles. The van der Waals surface area contributed by atoms with Crippen molar-refractivity contribution in [3.05, 3.63) is 35.6 Å². The van der Waals surface area contributed by atoms with E-state index in [2.05, 4.69) is 4.98 Å². The van der Waals surface area contributed by atoms with Crippen LogP contribution in [0.1, 0.15) is 51.9 Å². The summed E-state index contributed by atoms with van der Waals surface area (Å²) in [5, 5.41) is 0. The molecule has 20 heavy (non-hydrogen) atoms. The summed E-state index contributed by atoms with van der Waals surface area (Å²) in [5.74, 6) is 1.93. The second-order valence-corrected chi connectivity index (χ2v) is 6.29. The van der Waals surface area contributed by atoms with Gasteiger partial charge >= 0.3 is 7.12 Å². The molecule has 0 aromatic carbocycles. The summed E-state index contributed by atoms with van der Waals surface area (Å²) < 4.78 is 11.8. The lowest BCUT2D eigenvalue weighted by Gasteiger charge is -2.32. The van der Waals surface area contributed by atoms with E-state index in [0.717, 1.165) is 11.3 Å². The first kappa shape index (κ1) is 15.2. The van der Waals surface area contributed by atoms with Gasteiger partial charge in [-0.2, -0.15) is 0 Å². The maximum atomic E-state index is 5.91. The monoisotopic (exact) mass is 274 g/mol. The second-order valence-electron chi connectivity index (χ2n) is 6.29. The molecule has 0 radical (unpaired) electrons. The van der Waals surface area contributed by atoms with Crippen LogP contribution in [0.3, 0.4) is 0 Å². The minimum absolute atomic E-state index is 0.0693. The molecule has 1 aliphatic heterocycles. The first-order chi connectivity index (χ1) is 9.21. The SMILES string of the molecule is C[C@H](N)c1cc(/C=C/B2OC(C)(C)C(C)(C)O2)ccn1. The van der Waals surface area contributed by atoms with Crippen molar-refractivity contribution >= 4 is 13.2 Å². The predicted molar refractivity (Wildman–Crippen MR) is 82.0 cm³/mol. The molecule has 1 aromatic rings. The third-order valence-electron chi connectivity index (χ3n) is 3.99. The smallest absolute Gasteiger partial charge is 0.400 e. The summed E-state index contributed by atoms with van der Waals surface area (Å²) in [6, 6.07) is 3.85. The van der Waals surface area contributed by atoms with Crippen LogP contribution in [0.2, 0.25) is 0 Å². The van der Waals surface area contributed by atoms with Crippen molar-refractivity contribution in [2.24, 2.45) is 5.73 Å². The molecular weight excluding hydrogens is 251 g/mol. The molecule has 0 aliphatic carbocycles. The van der Waals surface area contributed by atoms with Crippen LogP contribution in [-0.2, 0) is 9.31 Å². The molecule has 0 unspecified atom stereocenters. The predicted octanol–water partition coefficient (Wildman–Crippen LogP) is 2.75. The highest BCUT2D eigenvalue weighted by Crippen LogP contribution is 2.37. The zero-order valence-electron chi connectivity index (χ0n) is 12.9. The molecule has 1 aromatic heterocycles. The molecule has 0 amide bonds. The quantitative estimate of drug-likeness (QED) is 0.861. The standard InChI is InChI=1S/C15H23BN2O2/c1-11(17)13-10-12(7-9-18-13)6-8-16-19-14(2,3)15(4,5)20-16/h6-11H,17H2,1-5H3/b8-6+/t11-/m0/s1. The average molecular weight is 274 g/mol. The van der Waals surface area contributed by atoms with Gasteiger partial charge in [-0.1, -0.05) is 12.1 Å². The van der Waals surface area contributed by atoms with E-state index >= 15 is 0 Å². The number of nitrogens with zero attached hydrogens (tertiary/aromatic N) is 1. The van der Waals surface area contributed by atoms with Crippen LogP contribution < -0.4 is 5.73 Å². The Hall–Kier alpha value is -1.17. The van der Waals surface area contributed by atoms with Gasteiger partial charge in [-0.15, -0.1) is 0 Å². The zero-order valence-corrected chi connectivity index (χ0v) is 12.9. The van der Waals surface area contributed by atoms with Crippen LogP contribution in [0.4, 0.5) is 0 Å². The average Bonchev–Trinajstić information content (AvgIpc) is 2.56. The second kappa shape index (κ2) is 5.32. The summed E-state index contributed by atoms with van der Waals surface area (Å²) in [5.41, 5.74) is 7.14. The highest BCUT2D eigenvalue weighted by atomic mass is 16.7. The van der Waals surface area contributed by atoms with Gasteiger partial charge in [0.15, 0.2) is 0 Å². The Bertz CT molecular complexity index is 496. The molecule has 1 saturated heterocycles. The Kier molecular flexibility index (Phi) is 4.05. The van der Waals surface area contributed by atoms with Crippen molar-refractivity contribution in [2.75, 3.05) is 0 Å². The molecule has 1 atom stereocenters. The molecule has 2 rings (SSSR count). The Morgan fingerprint density at radius 2 is 1.85 bits per heavy atom. The fourth-order valence-electron chi connectivity index (χ4n) is 1.98. The minimum atomic E-state index is -0.327. The first-order valence-corrected chi connectivity index (χ1v) is 6.97. The number of nitrogens with two attached hydrogens (primary N) is 1. The van der Waals surface area contributed by atoms with E-state index in [9.17, 15) is 0 Å². The molecule has 0 spiro atoms. The van der Waals surface area contributed by atoms with Gasteiger partial charge in [0, 0.05) is 12.2 Å². The molecule has 4 nitrogen and oxygen atoms in total. The molecule has 1 aliphatic rings. The Balaban J connectivity index is 2.10. The Morgan fingerprint density at radius 3 is 2.40 bits per heavy atom. The summed E-state index contributed by atoms with van der Waals surface area (Å²) in [6.45, 7) is 10.1. The van der Waals surface area contributed by atoms with E-state index < -0.39 is 0 Å². The van der Waals surface area contributed by atoms with Crippen molar-refractivity contribution in [1.82, 2.24) is 4.98 Å². The van der Waals surface area contributed by atoms with Gasteiger partial charge in [-0.05, 0) is 52.3 Å². The summed E-state index contributed by atoms with van der Waals surface area (Å²) >= 11 is 0. The van der Waals surface area contributed by atoms with Crippen LogP contribution >= 0.6 is 0 Å². The van der Waals surface area contributed by atoms with E-state index in [4.69, 9.17) is 15.0 Å². The lowest BCUT2D eigenvalue weighted by molar-refractivity contribution is 0.00578. The summed E-state index contributed by atoms with van der Waals surface area (Å²) in [4.78, 5) is 4.24. The molecule has 0 bridgehead atoms. The van der Waals surface area contributed by atoms with E-state index in [-0.39, 0.29) is 24.4 Å². The van der Waals surface area contributed by atoms with E-state index in [0.29, 0.717) is 0 Å². The largest absolute Gasteiger partial charge is 0.487 e. The number of rotatable bonds is 3. The van der Waals surface area contributed by atoms with Crippen molar-refractivity contribution in [3.63, 3.8) is 0 Å². The van der Waals surface area contributed by atoms with Crippen molar-refractivity contribution in [2.45, 2.75) is 51.9 Å². The topological polar surface area (TPSA) is 57.4 Å². The zero-order chi connectivity index (χ0) is 15.0. The number of hydrogen-bond donors (Lipinski definition) is 1. The molecule has 108 valence electrons. The van der Waals surface area contributed by atoms with Crippen LogP contribution in [-0.4, -0.2) is 23.3 Å². The number of aromatic nitrogens is 1. The van der Waals surface area contributed by atoms with Crippen molar-refractivity contribution in [3.8, 4) is 0 Å². The fraction of sp³-hybridized carbons (Fsp3) is 0.533. The lowest BCUT2D eigenvalue weighted by atomic mass is 9.89. The van der Waals surface area contributed by atoms with Crippen LogP contribution in [0.25, 0.3) is 6.08 Å². The number of hydrogen-bond acceptors (Lipinski definition) is 4. The van der Waals surface area contributed by atoms with E-state index in [1.807, 2.05) is 58.8 Å². The van der Waals surface area contributed by atoms with Gasteiger partial charge in [-0.3, -0.25) is 4.98 Å². The molecule has 1 fully saturated rings. The van der Waals surface area contributed by atoms with Crippen LogP contribution in [0, 0.1) is 0 Å². The molecule has 5 heteroatoms. The van der Waals surface area contributed by atoms with Gasteiger partial charge in [-0.25, -0.2) is 0 Å². The third kappa shape index (κ3) is 3.11. The minimum Gasteiger partial charge on any atom is -0.400 e. The normalized spacial score (nSPS) is 22.4. The van der Waals surface area contributed by atoms with Crippen LogP contribution in [0.15, 0.2) is 24.3 Å². The molecule has 2 heterocycles. The molecule has 2 N–H and O–H groups in total. The first-order valence-electron chi connectivity index (χ1n) is 6.97. The summed E-state index contributed by atoms with van der Waals surface area (Å²) in [7, 11) is -0.327. The van der Waals surface area contributed by atoms with Gasteiger partial charge in [0.1, 0.15) is 0 Å². The maximum absolute atomic E-state index is 5.91. The van der Waals surface area contributed by atoms with Crippen molar-refractivity contribution in [1.29, 1.82) is 0 Å². The Labute approximate surface area is 121 Å². The lowest BCUT2D eigenvalue weighted by Crippen LogP contribution is -2.41. The van der Waals surface area contributed by atoms with Gasteiger partial charge in [0.05, 0.1) is 16.9 Å². The number of pyridine rings is 1. The van der Waals surface area contributed by atoms with E-state index in [1.54, 1.807) is 6.20 Å². The third-order valence-corrected chi connectivity index (χ3v) is 3.99. The van der Waals surface area contributed by atoms with Gasteiger partial charge in [0.2, 0.25) is 0 Å². The van der Waals surface area contributed by atoms with Crippen LogP contribution in [0.5, 0.6) is 0 Å². The molecular formula is C15H23BN2O2. The van der Waals surface area contributed by atoms with Crippen molar-refractivity contribution < 1.29 is 9.31 Å². The van der Waals surface area contributed by atoms with E-state index in [1.165, 1.54) is 0 Å². The van der Waals surface area contributed by atoms with Gasteiger partial charge < -0.3 is 15.0 Å². The Morgan fingerprint density at radius 1 is 1.25 bits per heavy atom. The summed E-state index contributed by atoms with van der Waals surface area (Å²) in [6.07, 6.45) is 3.75. The fourth-order valence-corrected chi connectivity index (χ4v) is 1.98. The highest BCUT2D eigenvalue weighted by Gasteiger charge is 2.49.